The molecule has 0 spiro atoms. The number of aromatic amines is 1. The van der Waals surface area contributed by atoms with E-state index in [1.807, 2.05) is 0 Å². The van der Waals surface area contributed by atoms with Crippen LogP contribution in [-0.2, 0) is 10.8 Å². The number of nitrogens with one attached hydrogen (secondary N) is 1. The van der Waals surface area contributed by atoms with Crippen molar-refractivity contribution in [2.24, 2.45) is 0 Å². The lowest BCUT2D eigenvalue weighted by molar-refractivity contribution is 0.347. The van der Waals surface area contributed by atoms with Gasteiger partial charge in [-0.2, -0.15) is 5.10 Å². The van der Waals surface area contributed by atoms with E-state index in [-0.39, 0.29) is 5.56 Å². The van der Waals surface area contributed by atoms with Gasteiger partial charge >= 0.3 is 0 Å². The SMILES string of the molecule is COc1cc(/C=C/c2ccc(=O)[nH]n2)cc(S(C)=O)c1OC. The number of aromatic nitrogens is 2. The van der Waals surface area contributed by atoms with Crippen LogP contribution in [0.25, 0.3) is 12.2 Å². The van der Waals surface area contributed by atoms with Gasteiger partial charge in [0, 0.05) is 12.3 Å². The van der Waals surface area contributed by atoms with E-state index in [9.17, 15) is 9.00 Å². The Morgan fingerprint density at radius 1 is 1.18 bits per heavy atom. The first-order chi connectivity index (χ1) is 10.5. The lowest BCUT2D eigenvalue weighted by Gasteiger charge is -2.12. The summed E-state index contributed by atoms with van der Waals surface area (Å²) in [4.78, 5) is 11.5. The third kappa shape index (κ3) is 3.62. The van der Waals surface area contributed by atoms with Crippen molar-refractivity contribution in [3.05, 3.63) is 45.9 Å². The van der Waals surface area contributed by atoms with Gasteiger partial charge in [0.15, 0.2) is 11.5 Å². The third-order valence-electron chi connectivity index (χ3n) is 2.92. The van der Waals surface area contributed by atoms with Crippen LogP contribution in [0.1, 0.15) is 11.3 Å². The van der Waals surface area contributed by atoms with Crippen molar-refractivity contribution in [1.29, 1.82) is 0 Å². The maximum Gasteiger partial charge on any atom is 0.264 e. The van der Waals surface area contributed by atoms with Crippen molar-refractivity contribution in [2.45, 2.75) is 4.90 Å². The molecule has 0 fully saturated rings. The fraction of sp³-hybridized carbons (Fsp3) is 0.200. The molecular weight excluding hydrogens is 304 g/mol. The van der Waals surface area contributed by atoms with Crippen molar-refractivity contribution >= 4 is 23.0 Å². The van der Waals surface area contributed by atoms with E-state index in [2.05, 4.69) is 10.2 Å². The van der Waals surface area contributed by atoms with Gasteiger partial charge in [-0.1, -0.05) is 6.08 Å². The second kappa shape index (κ2) is 7.04. The summed E-state index contributed by atoms with van der Waals surface area (Å²) in [6, 6.07) is 6.54. The van der Waals surface area contributed by atoms with Crippen LogP contribution >= 0.6 is 0 Å². The van der Waals surface area contributed by atoms with Crippen LogP contribution in [0.15, 0.2) is 34.0 Å². The Morgan fingerprint density at radius 2 is 1.95 bits per heavy atom. The van der Waals surface area contributed by atoms with Crippen molar-refractivity contribution in [1.82, 2.24) is 10.2 Å². The van der Waals surface area contributed by atoms with Gasteiger partial charge in [-0.25, -0.2) is 5.10 Å². The molecule has 1 N–H and O–H groups in total. The predicted octanol–water partition coefficient (Wildman–Crippen LogP) is 1.69. The molecule has 1 heterocycles. The smallest absolute Gasteiger partial charge is 0.264 e. The summed E-state index contributed by atoms with van der Waals surface area (Å²) in [7, 11) is 1.82. The Balaban J connectivity index is 2.42. The largest absolute Gasteiger partial charge is 0.493 e. The minimum absolute atomic E-state index is 0.257. The minimum atomic E-state index is -1.22. The number of nitrogens with zero attached hydrogens (tertiary/aromatic N) is 1. The molecule has 1 aromatic heterocycles. The molecule has 116 valence electrons. The Bertz CT molecular complexity index is 763. The van der Waals surface area contributed by atoms with E-state index >= 15 is 0 Å². The van der Waals surface area contributed by atoms with Crippen LogP contribution in [0.2, 0.25) is 0 Å². The molecule has 0 amide bonds. The normalized spacial score (nSPS) is 12.3. The quantitative estimate of drug-likeness (QED) is 0.907. The Morgan fingerprint density at radius 3 is 2.50 bits per heavy atom. The summed E-state index contributed by atoms with van der Waals surface area (Å²) in [6.45, 7) is 0. The highest BCUT2D eigenvalue weighted by molar-refractivity contribution is 7.84. The Hall–Kier alpha value is -2.41. The summed E-state index contributed by atoms with van der Waals surface area (Å²) >= 11 is 0. The maximum absolute atomic E-state index is 11.9. The molecule has 0 aliphatic rings. The molecule has 1 aromatic carbocycles. The number of ether oxygens (including phenoxy) is 2. The van der Waals surface area contributed by atoms with E-state index in [1.165, 1.54) is 20.3 Å². The molecule has 1 atom stereocenters. The number of methoxy groups -OCH3 is 2. The molecule has 0 aliphatic heterocycles. The first-order valence-electron chi connectivity index (χ1n) is 6.38. The van der Waals surface area contributed by atoms with Crippen LogP contribution in [0.4, 0.5) is 0 Å². The zero-order valence-electron chi connectivity index (χ0n) is 12.5. The van der Waals surface area contributed by atoms with E-state index in [4.69, 9.17) is 9.47 Å². The van der Waals surface area contributed by atoms with E-state index in [0.717, 1.165) is 5.56 Å². The molecule has 0 bridgehead atoms. The minimum Gasteiger partial charge on any atom is -0.493 e. The average Bonchev–Trinajstić information content (AvgIpc) is 2.53. The summed E-state index contributed by atoms with van der Waals surface area (Å²) in [5.41, 5.74) is 1.14. The van der Waals surface area contributed by atoms with Gasteiger partial charge < -0.3 is 9.47 Å². The molecule has 7 heteroatoms. The molecule has 0 saturated carbocycles. The molecule has 2 rings (SSSR count). The zero-order valence-corrected chi connectivity index (χ0v) is 13.3. The fourth-order valence-electron chi connectivity index (χ4n) is 1.89. The molecular formula is C15H16N2O4S. The summed E-state index contributed by atoms with van der Waals surface area (Å²) < 4.78 is 22.4. The lowest BCUT2D eigenvalue weighted by Crippen LogP contribution is -2.05. The van der Waals surface area contributed by atoms with Crippen LogP contribution < -0.4 is 15.0 Å². The van der Waals surface area contributed by atoms with Crippen LogP contribution in [-0.4, -0.2) is 34.9 Å². The van der Waals surface area contributed by atoms with Gasteiger partial charge in [-0.05, 0) is 29.8 Å². The van der Waals surface area contributed by atoms with E-state index in [0.29, 0.717) is 22.1 Å². The standard InChI is InChI=1S/C15H16N2O4S/c1-20-12-8-10(9-13(22(3)19)15(12)21-2)4-5-11-6-7-14(18)17-16-11/h4-9H,1-3H3,(H,17,18)/b5-4+. The van der Waals surface area contributed by atoms with E-state index in [1.54, 1.807) is 36.6 Å². The lowest BCUT2D eigenvalue weighted by atomic mass is 10.1. The maximum atomic E-state index is 11.9. The highest BCUT2D eigenvalue weighted by Crippen LogP contribution is 2.35. The number of benzene rings is 1. The molecule has 22 heavy (non-hydrogen) atoms. The predicted molar refractivity (Wildman–Crippen MR) is 85.7 cm³/mol. The van der Waals surface area contributed by atoms with Gasteiger partial charge in [0.25, 0.3) is 5.56 Å². The fourth-order valence-corrected chi connectivity index (χ4v) is 2.64. The zero-order chi connectivity index (χ0) is 16.1. The second-order valence-corrected chi connectivity index (χ2v) is 5.74. The molecule has 1 unspecified atom stereocenters. The second-order valence-electron chi connectivity index (χ2n) is 4.39. The van der Waals surface area contributed by atoms with Crippen molar-refractivity contribution in [2.75, 3.05) is 20.5 Å². The first-order valence-corrected chi connectivity index (χ1v) is 7.94. The number of rotatable bonds is 5. The number of hydrogen-bond acceptors (Lipinski definition) is 5. The molecule has 0 saturated heterocycles. The molecule has 0 radical (unpaired) electrons. The van der Waals surface area contributed by atoms with Crippen LogP contribution in [0.3, 0.4) is 0 Å². The molecule has 0 aliphatic carbocycles. The average molecular weight is 320 g/mol. The number of H-pyrrole nitrogens is 1. The summed E-state index contributed by atoms with van der Waals surface area (Å²) in [6.07, 6.45) is 5.10. The van der Waals surface area contributed by atoms with Gasteiger partial charge in [0.2, 0.25) is 0 Å². The van der Waals surface area contributed by atoms with Crippen LogP contribution in [0.5, 0.6) is 11.5 Å². The monoisotopic (exact) mass is 320 g/mol. The first kappa shape index (κ1) is 16.0. The molecule has 6 nitrogen and oxygen atoms in total. The Labute approximate surface area is 130 Å². The third-order valence-corrected chi connectivity index (χ3v) is 3.85. The summed E-state index contributed by atoms with van der Waals surface area (Å²) in [5, 5.41) is 6.24. The molecule has 2 aromatic rings. The highest BCUT2D eigenvalue weighted by atomic mass is 32.2. The van der Waals surface area contributed by atoms with Crippen molar-refractivity contribution in [3.8, 4) is 11.5 Å². The van der Waals surface area contributed by atoms with E-state index < -0.39 is 10.8 Å². The van der Waals surface area contributed by atoms with Crippen molar-refractivity contribution in [3.63, 3.8) is 0 Å². The van der Waals surface area contributed by atoms with Gasteiger partial charge in [0.1, 0.15) is 0 Å². The van der Waals surface area contributed by atoms with Gasteiger partial charge in [-0.3, -0.25) is 9.00 Å². The summed E-state index contributed by atoms with van der Waals surface area (Å²) in [5.74, 6) is 0.965. The topological polar surface area (TPSA) is 81.3 Å². The Kier molecular flexibility index (Phi) is 5.11. The van der Waals surface area contributed by atoms with Crippen LogP contribution in [0, 0.1) is 0 Å². The van der Waals surface area contributed by atoms with Gasteiger partial charge in [-0.15, -0.1) is 0 Å². The highest BCUT2D eigenvalue weighted by Gasteiger charge is 2.14. The van der Waals surface area contributed by atoms with Gasteiger partial charge in [0.05, 0.1) is 35.6 Å². The number of hydrogen-bond donors (Lipinski definition) is 1. The van der Waals surface area contributed by atoms with Crippen molar-refractivity contribution < 1.29 is 13.7 Å².